The monoisotopic (exact) mass is 239 g/mol. The van der Waals surface area contributed by atoms with Crippen molar-refractivity contribution >= 4 is 11.8 Å². The summed E-state index contributed by atoms with van der Waals surface area (Å²) in [7, 11) is 0. The zero-order valence-corrected chi connectivity index (χ0v) is 10.3. The number of nitrogens with zero attached hydrogens (tertiary/aromatic N) is 2. The molecule has 1 aromatic heterocycles. The van der Waals surface area contributed by atoms with E-state index in [0.29, 0.717) is 24.9 Å². The van der Waals surface area contributed by atoms with Gasteiger partial charge in [-0.05, 0) is 20.8 Å². The molecule has 0 amide bonds. The first-order valence-electron chi connectivity index (χ1n) is 5.55. The van der Waals surface area contributed by atoms with Crippen LogP contribution >= 0.6 is 0 Å². The molecule has 0 saturated carbocycles. The second kappa shape index (κ2) is 6.67. The number of ether oxygens (including phenoxy) is 2. The molecule has 1 aromatic rings. The molecule has 0 aliphatic heterocycles. The molecular formula is C11H17N3O3. The van der Waals surface area contributed by atoms with Crippen LogP contribution in [0.2, 0.25) is 0 Å². The molecule has 0 saturated heterocycles. The van der Waals surface area contributed by atoms with Crippen molar-refractivity contribution in [3.8, 4) is 5.88 Å². The molecule has 94 valence electrons. The second-order valence-electron chi connectivity index (χ2n) is 3.29. The smallest absolute Gasteiger partial charge is 0.328 e. The molecule has 0 aliphatic rings. The second-order valence-corrected chi connectivity index (χ2v) is 3.29. The van der Waals surface area contributed by atoms with Crippen molar-refractivity contribution in [2.45, 2.75) is 26.8 Å². The third kappa shape index (κ3) is 4.26. The number of hydrogen-bond donors (Lipinski definition) is 1. The Labute approximate surface area is 100 Å². The first kappa shape index (κ1) is 13.2. The van der Waals surface area contributed by atoms with Crippen LogP contribution in [0.5, 0.6) is 5.88 Å². The molecule has 1 rings (SSSR count). The number of carbonyl (C=O) groups excluding carboxylic acids is 1. The van der Waals surface area contributed by atoms with Crippen LogP contribution in [0.15, 0.2) is 12.4 Å². The Balaban J connectivity index is 2.61. The van der Waals surface area contributed by atoms with Gasteiger partial charge in [0.1, 0.15) is 18.2 Å². The van der Waals surface area contributed by atoms with Gasteiger partial charge in [-0.3, -0.25) is 0 Å². The van der Waals surface area contributed by atoms with E-state index in [1.54, 1.807) is 19.9 Å². The minimum Gasteiger partial charge on any atom is -0.478 e. The quantitative estimate of drug-likeness (QED) is 0.753. The van der Waals surface area contributed by atoms with Gasteiger partial charge in [0.2, 0.25) is 5.88 Å². The Hall–Kier alpha value is -1.85. The molecule has 17 heavy (non-hydrogen) atoms. The average Bonchev–Trinajstić information content (AvgIpc) is 2.30. The molecule has 1 unspecified atom stereocenters. The minimum atomic E-state index is -0.459. The lowest BCUT2D eigenvalue weighted by atomic mass is 10.3. The SMILES string of the molecule is CCOC(=O)C(C)Nc1cc(OCC)ncn1. The summed E-state index contributed by atoms with van der Waals surface area (Å²) in [4.78, 5) is 19.3. The van der Waals surface area contributed by atoms with E-state index in [0.717, 1.165) is 0 Å². The molecule has 0 fully saturated rings. The van der Waals surface area contributed by atoms with Crippen molar-refractivity contribution in [3.63, 3.8) is 0 Å². The average molecular weight is 239 g/mol. The number of rotatable bonds is 6. The van der Waals surface area contributed by atoms with E-state index in [2.05, 4.69) is 15.3 Å². The highest BCUT2D eigenvalue weighted by Crippen LogP contribution is 2.12. The zero-order chi connectivity index (χ0) is 12.7. The van der Waals surface area contributed by atoms with Crippen molar-refractivity contribution in [1.82, 2.24) is 9.97 Å². The predicted octanol–water partition coefficient (Wildman–Crippen LogP) is 1.24. The Kier molecular flexibility index (Phi) is 5.19. The van der Waals surface area contributed by atoms with Crippen LogP contribution < -0.4 is 10.1 Å². The lowest BCUT2D eigenvalue weighted by Crippen LogP contribution is -2.28. The number of anilines is 1. The predicted molar refractivity (Wildman–Crippen MR) is 62.9 cm³/mol. The Morgan fingerprint density at radius 3 is 2.82 bits per heavy atom. The summed E-state index contributed by atoms with van der Waals surface area (Å²) in [5, 5.41) is 2.92. The van der Waals surface area contributed by atoms with E-state index >= 15 is 0 Å². The maximum atomic E-state index is 11.4. The summed E-state index contributed by atoms with van der Waals surface area (Å²) in [6, 6.07) is 1.18. The maximum absolute atomic E-state index is 11.4. The molecule has 0 bridgehead atoms. The third-order valence-corrected chi connectivity index (χ3v) is 1.94. The molecular weight excluding hydrogens is 222 g/mol. The maximum Gasteiger partial charge on any atom is 0.328 e. The largest absolute Gasteiger partial charge is 0.478 e. The first-order chi connectivity index (χ1) is 8.17. The van der Waals surface area contributed by atoms with Gasteiger partial charge in [-0.25, -0.2) is 14.8 Å². The fourth-order valence-corrected chi connectivity index (χ4v) is 1.19. The van der Waals surface area contributed by atoms with Crippen LogP contribution in [-0.2, 0) is 9.53 Å². The van der Waals surface area contributed by atoms with Gasteiger partial charge in [0.05, 0.1) is 13.2 Å². The van der Waals surface area contributed by atoms with Gasteiger partial charge in [0, 0.05) is 6.07 Å². The molecule has 6 nitrogen and oxygen atoms in total. The Morgan fingerprint density at radius 2 is 2.18 bits per heavy atom. The Bertz CT molecular complexity index is 371. The molecule has 0 spiro atoms. The summed E-state index contributed by atoms with van der Waals surface area (Å²) >= 11 is 0. The van der Waals surface area contributed by atoms with E-state index in [1.807, 2.05) is 6.92 Å². The summed E-state index contributed by atoms with van der Waals surface area (Å²) in [6.07, 6.45) is 1.38. The number of carbonyl (C=O) groups is 1. The highest BCUT2D eigenvalue weighted by atomic mass is 16.5. The molecule has 6 heteroatoms. The highest BCUT2D eigenvalue weighted by Gasteiger charge is 2.14. The fourth-order valence-electron chi connectivity index (χ4n) is 1.19. The third-order valence-electron chi connectivity index (χ3n) is 1.94. The summed E-state index contributed by atoms with van der Waals surface area (Å²) in [5.41, 5.74) is 0. The van der Waals surface area contributed by atoms with Gasteiger partial charge in [-0.2, -0.15) is 0 Å². The summed E-state index contributed by atoms with van der Waals surface area (Å²) < 4.78 is 10.1. The van der Waals surface area contributed by atoms with Gasteiger partial charge in [-0.1, -0.05) is 0 Å². The van der Waals surface area contributed by atoms with E-state index in [-0.39, 0.29) is 5.97 Å². The molecule has 1 N–H and O–H groups in total. The van der Waals surface area contributed by atoms with Crippen LogP contribution in [0.3, 0.4) is 0 Å². The first-order valence-corrected chi connectivity index (χ1v) is 5.55. The number of hydrogen-bond acceptors (Lipinski definition) is 6. The number of esters is 1. The fraction of sp³-hybridized carbons (Fsp3) is 0.545. The van der Waals surface area contributed by atoms with Gasteiger partial charge >= 0.3 is 5.97 Å². The van der Waals surface area contributed by atoms with E-state index in [4.69, 9.17) is 9.47 Å². The molecule has 0 radical (unpaired) electrons. The van der Waals surface area contributed by atoms with Crippen LogP contribution in [0.25, 0.3) is 0 Å². The molecule has 0 aliphatic carbocycles. The van der Waals surface area contributed by atoms with Crippen LogP contribution in [0, 0.1) is 0 Å². The van der Waals surface area contributed by atoms with Crippen molar-refractivity contribution in [1.29, 1.82) is 0 Å². The lowest BCUT2D eigenvalue weighted by Gasteiger charge is -2.13. The van der Waals surface area contributed by atoms with Gasteiger partial charge in [-0.15, -0.1) is 0 Å². The molecule has 0 aromatic carbocycles. The summed E-state index contributed by atoms with van der Waals surface area (Å²) in [5.74, 6) is 0.689. The number of aromatic nitrogens is 2. The van der Waals surface area contributed by atoms with E-state index in [9.17, 15) is 4.79 Å². The Morgan fingerprint density at radius 1 is 1.41 bits per heavy atom. The van der Waals surface area contributed by atoms with Crippen LogP contribution in [0.1, 0.15) is 20.8 Å². The van der Waals surface area contributed by atoms with Gasteiger partial charge in [0.15, 0.2) is 0 Å². The molecule has 1 atom stereocenters. The van der Waals surface area contributed by atoms with Crippen molar-refractivity contribution in [2.24, 2.45) is 0 Å². The van der Waals surface area contributed by atoms with Crippen molar-refractivity contribution in [3.05, 3.63) is 12.4 Å². The van der Waals surface area contributed by atoms with Crippen LogP contribution in [0.4, 0.5) is 5.82 Å². The van der Waals surface area contributed by atoms with Crippen LogP contribution in [-0.4, -0.2) is 35.2 Å². The summed E-state index contributed by atoms with van der Waals surface area (Å²) in [6.45, 7) is 6.24. The standard InChI is InChI=1S/C11H17N3O3/c1-4-16-10-6-9(12-7-13-10)14-8(3)11(15)17-5-2/h6-8H,4-5H2,1-3H3,(H,12,13,14). The zero-order valence-electron chi connectivity index (χ0n) is 10.3. The topological polar surface area (TPSA) is 73.3 Å². The lowest BCUT2D eigenvalue weighted by molar-refractivity contribution is -0.143. The minimum absolute atomic E-state index is 0.316. The highest BCUT2D eigenvalue weighted by molar-refractivity contribution is 5.78. The number of nitrogens with one attached hydrogen (secondary N) is 1. The molecule has 1 heterocycles. The van der Waals surface area contributed by atoms with Crippen molar-refractivity contribution in [2.75, 3.05) is 18.5 Å². The van der Waals surface area contributed by atoms with Crippen molar-refractivity contribution < 1.29 is 14.3 Å². The van der Waals surface area contributed by atoms with Gasteiger partial charge in [0.25, 0.3) is 0 Å². The normalized spacial score (nSPS) is 11.7. The van der Waals surface area contributed by atoms with Gasteiger partial charge < -0.3 is 14.8 Å². The van der Waals surface area contributed by atoms with E-state index < -0.39 is 6.04 Å². The van der Waals surface area contributed by atoms with E-state index in [1.165, 1.54) is 6.33 Å².